The lowest BCUT2D eigenvalue weighted by molar-refractivity contribution is 0.950. The molecule has 1 fully saturated rings. The Bertz CT molecular complexity index is 576. The van der Waals surface area contributed by atoms with E-state index < -0.39 is 0 Å². The molecule has 2 N–H and O–H groups in total. The zero-order chi connectivity index (χ0) is 11.3. The monoisotopic (exact) mass is 277 g/mol. The average Bonchev–Trinajstić information content (AvgIpc) is 3.07. The van der Waals surface area contributed by atoms with Crippen molar-refractivity contribution >= 4 is 32.7 Å². The van der Waals surface area contributed by atoms with E-state index in [0.717, 1.165) is 26.8 Å². The third-order valence-electron chi connectivity index (χ3n) is 3.04. The lowest BCUT2D eigenvalue weighted by Crippen LogP contribution is -2.01. The molecule has 1 aliphatic rings. The SMILES string of the molecule is Cc1c(Br)ccc2c(N)nc(C3CC3)nc12. The van der Waals surface area contributed by atoms with E-state index in [9.17, 15) is 0 Å². The van der Waals surface area contributed by atoms with E-state index >= 15 is 0 Å². The Balaban J connectivity index is 2.33. The van der Waals surface area contributed by atoms with E-state index in [4.69, 9.17) is 5.73 Å². The molecule has 0 aliphatic heterocycles. The van der Waals surface area contributed by atoms with Gasteiger partial charge in [0, 0.05) is 15.8 Å². The number of hydrogen-bond donors (Lipinski definition) is 1. The molecule has 3 nitrogen and oxygen atoms in total. The van der Waals surface area contributed by atoms with E-state index in [1.807, 2.05) is 12.1 Å². The second kappa shape index (κ2) is 3.42. The highest BCUT2D eigenvalue weighted by Crippen LogP contribution is 2.39. The van der Waals surface area contributed by atoms with Crippen LogP contribution in [0, 0.1) is 6.92 Å². The minimum Gasteiger partial charge on any atom is -0.383 e. The summed E-state index contributed by atoms with van der Waals surface area (Å²) < 4.78 is 1.07. The van der Waals surface area contributed by atoms with E-state index in [-0.39, 0.29) is 0 Å². The number of nitrogens with two attached hydrogens (primary N) is 1. The Morgan fingerprint density at radius 3 is 2.75 bits per heavy atom. The van der Waals surface area contributed by atoms with Crippen molar-refractivity contribution in [2.45, 2.75) is 25.7 Å². The Hall–Kier alpha value is -1.16. The number of nitrogens with zero attached hydrogens (tertiary/aromatic N) is 2. The van der Waals surface area contributed by atoms with Gasteiger partial charge in [-0.05, 0) is 37.5 Å². The Kier molecular flexibility index (Phi) is 2.14. The van der Waals surface area contributed by atoms with E-state index in [1.165, 1.54) is 12.8 Å². The fourth-order valence-electron chi connectivity index (χ4n) is 1.87. The molecule has 0 saturated heterocycles. The van der Waals surface area contributed by atoms with Crippen molar-refractivity contribution in [1.82, 2.24) is 9.97 Å². The molecule has 1 saturated carbocycles. The number of hydrogen-bond acceptors (Lipinski definition) is 3. The van der Waals surface area contributed by atoms with Crippen LogP contribution < -0.4 is 5.73 Å². The first-order valence-electron chi connectivity index (χ1n) is 5.39. The van der Waals surface area contributed by atoms with Gasteiger partial charge in [0.2, 0.25) is 0 Å². The van der Waals surface area contributed by atoms with Crippen LogP contribution in [0.5, 0.6) is 0 Å². The maximum atomic E-state index is 5.98. The van der Waals surface area contributed by atoms with Crippen LogP contribution in [0.4, 0.5) is 5.82 Å². The number of aryl methyl sites for hydroxylation is 1. The number of nitrogen functional groups attached to an aromatic ring is 1. The minimum atomic E-state index is 0.532. The van der Waals surface area contributed by atoms with Gasteiger partial charge in [0.05, 0.1) is 5.52 Å². The van der Waals surface area contributed by atoms with Gasteiger partial charge in [-0.1, -0.05) is 15.9 Å². The number of aromatic nitrogens is 2. The molecule has 1 aromatic carbocycles. The number of fused-ring (bicyclic) bond motifs is 1. The summed E-state index contributed by atoms with van der Waals surface area (Å²) in [5.74, 6) is 2.04. The van der Waals surface area contributed by atoms with Gasteiger partial charge in [0.1, 0.15) is 11.6 Å². The van der Waals surface area contributed by atoms with Crippen LogP contribution in [0.1, 0.15) is 30.1 Å². The first-order valence-corrected chi connectivity index (χ1v) is 6.18. The van der Waals surface area contributed by atoms with Crippen LogP contribution in [0.15, 0.2) is 16.6 Å². The minimum absolute atomic E-state index is 0.532. The smallest absolute Gasteiger partial charge is 0.135 e. The first-order chi connectivity index (χ1) is 7.66. The molecule has 82 valence electrons. The van der Waals surface area contributed by atoms with Crippen molar-refractivity contribution in [1.29, 1.82) is 0 Å². The zero-order valence-corrected chi connectivity index (χ0v) is 10.6. The summed E-state index contributed by atoms with van der Waals surface area (Å²) in [6.07, 6.45) is 2.38. The topological polar surface area (TPSA) is 51.8 Å². The Labute approximate surface area is 102 Å². The normalized spacial score (nSPS) is 15.6. The lowest BCUT2D eigenvalue weighted by atomic mass is 10.1. The largest absolute Gasteiger partial charge is 0.383 e. The molecule has 0 bridgehead atoms. The molecule has 0 spiro atoms. The number of anilines is 1. The number of benzene rings is 1. The van der Waals surface area contributed by atoms with Crippen molar-refractivity contribution < 1.29 is 0 Å². The standard InChI is InChI=1S/C12H12BrN3/c1-6-9(13)5-4-8-10(6)15-12(7-2-3-7)16-11(8)14/h4-5,7H,2-3H2,1H3,(H2,14,15,16). The zero-order valence-electron chi connectivity index (χ0n) is 9.00. The highest BCUT2D eigenvalue weighted by Gasteiger charge is 2.27. The number of rotatable bonds is 1. The summed E-state index contributed by atoms with van der Waals surface area (Å²) >= 11 is 3.52. The molecule has 0 radical (unpaired) electrons. The molecule has 1 aromatic heterocycles. The second-order valence-corrected chi connectivity index (χ2v) is 5.16. The quantitative estimate of drug-likeness (QED) is 0.871. The van der Waals surface area contributed by atoms with Crippen molar-refractivity contribution in [3.8, 4) is 0 Å². The third-order valence-corrected chi connectivity index (χ3v) is 3.90. The van der Waals surface area contributed by atoms with Crippen LogP contribution in [-0.4, -0.2) is 9.97 Å². The van der Waals surface area contributed by atoms with E-state index in [0.29, 0.717) is 11.7 Å². The maximum Gasteiger partial charge on any atom is 0.135 e. The van der Waals surface area contributed by atoms with Gasteiger partial charge in [-0.2, -0.15) is 0 Å². The third kappa shape index (κ3) is 1.48. The van der Waals surface area contributed by atoms with Crippen molar-refractivity contribution in [3.05, 3.63) is 28.0 Å². The van der Waals surface area contributed by atoms with Gasteiger partial charge < -0.3 is 5.73 Å². The van der Waals surface area contributed by atoms with Gasteiger partial charge in [0.15, 0.2) is 0 Å². The Morgan fingerprint density at radius 2 is 2.06 bits per heavy atom. The van der Waals surface area contributed by atoms with Gasteiger partial charge >= 0.3 is 0 Å². The summed E-state index contributed by atoms with van der Waals surface area (Å²) in [5.41, 5.74) is 8.08. The second-order valence-electron chi connectivity index (χ2n) is 4.31. The van der Waals surface area contributed by atoms with E-state index in [2.05, 4.69) is 32.8 Å². The summed E-state index contributed by atoms with van der Waals surface area (Å²) in [4.78, 5) is 9.02. The highest BCUT2D eigenvalue weighted by atomic mass is 79.9. The van der Waals surface area contributed by atoms with Gasteiger partial charge in [0.25, 0.3) is 0 Å². The molecule has 0 unspecified atom stereocenters. The van der Waals surface area contributed by atoms with Crippen LogP contribution in [-0.2, 0) is 0 Å². The summed E-state index contributed by atoms with van der Waals surface area (Å²) in [6, 6.07) is 3.96. The van der Waals surface area contributed by atoms with E-state index in [1.54, 1.807) is 0 Å². The van der Waals surface area contributed by atoms with Crippen molar-refractivity contribution in [2.24, 2.45) is 0 Å². The Morgan fingerprint density at radius 1 is 1.31 bits per heavy atom. The maximum absolute atomic E-state index is 5.98. The molecular weight excluding hydrogens is 266 g/mol. The molecule has 4 heteroatoms. The molecule has 3 rings (SSSR count). The van der Waals surface area contributed by atoms with Crippen LogP contribution >= 0.6 is 15.9 Å². The average molecular weight is 278 g/mol. The summed E-state index contributed by atoms with van der Waals surface area (Å²) in [6.45, 7) is 2.05. The first kappa shape index (κ1) is 10.0. The molecular formula is C12H12BrN3. The van der Waals surface area contributed by atoms with Gasteiger partial charge in [-0.3, -0.25) is 0 Å². The summed E-state index contributed by atoms with van der Waals surface area (Å²) in [7, 11) is 0. The fraction of sp³-hybridized carbons (Fsp3) is 0.333. The predicted octanol–water partition coefficient (Wildman–Crippen LogP) is 3.16. The molecule has 2 aromatic rings. The van der Waals surface area contributed by atoms with Crippen molar-refractivity contribution in [3.63, 3.8) is 0 Å². The molecule has 0 amide bonds. The van der Waals surface area contributed by atoms with Crippen LogP contribution in [0.2, 0.25) is 0 Å². The predicted molar refractivity (Wildman–Crippen MR) is 68.4 cm³/mol. The van der Waals surface area contributed by atoms with Gasteiger partial charge in [-0.15, -0.1) is 0 Å². The molecule has 0 atom stereocenters. The fourth-order valence-corrected chi connectivity index (χ4v) is 2.19. The highest BCUT2D eigenvalue weighted by molar-refractivity contribution is 9.10. The van der Waals surface area contributed by atoms with Gasteiger partial charge in [-0.25, -0.2) is 9.97 Å². The van der Waals surface area contributed by atoms with Crippen molar-refractivity contribution in [2.75, 3.05) is 5.73 Å². The molecule has 1 heterocycles. The molecule has 1 aliphatic carbocycles. The lowest BCUT2D eigenvalue weighted by Gasteiger charge is -2.08. The summed E-state index contributed by atoms with van der Waals surface area (Å²) in [5, 5.41) is 0.949. The van der Waals surface area contributed by atoms with Crippen LogP contribution in [0.25, 0.3) is 10.9 Å². The number of halogens is 1. The molecule has 16 heavy (non-hydrogen) atoms. The van der Waals surface area contributed by atoms with Crippen LogP contribution in [0.3, 0.4) is 0 Å².